The molecule has 0 aliphatic rings. The van der Waals surface area contributed by atoms with Crippen LogP contribution in [0.5, 0.6) is 11.5 Å². The summed E-state index contributed by atoms with van der Waals surface area (Å²) in [7, 11) is -3.11. The van der Waals surface area contributed by atoms with Crippen LogP contribution in [0.4, 0.5) is 0 Å². The van der Waals surface area contributed by atoms with Crippen molar-refractivity contribution < 1.29 is 32.6 Å². The Morgan fingerprint density at radius 1 is 0.923 bits per heavy atom. The first-order valence-corrected chi connectivity index (χ1v) is 13.7. The zero-order valence-corrected chi connectivity index (χ0v) is 16.8. The monoisotopic (exact) mass is 440 g/mol. The molecule has 2 aromatic carbocycles. The number of carbonyl (C=O) groups is 2. The molecule has 138 valence electrons. The summed E-state index contributed by atoms with van der Waals surface area (Å²) in [6.45, 7) is 0.469. The van der Waals surface area contributed by atoms with Gasteiger partial charge in [0.1, 0.15) is 0 Å². The van der Waals surface area contributed by atoms with Gasteiger partial charge in [0, 0.05) is 5.56 Å². The van der Waals surface area contributed by atoms with E-state index < -0.39 is 34.4 Å². The molecule has 1 unspecified atom stereocenters. The number of rotatable bonds is 9. The van der Waals surface area contributed by atoms with Crippen molar-refractivity contribution in [2.75, 3.05) is 13.2 Å². The van der Waals surface area contributed by atoms with E-state index in [4.69, 9.17) is 14.6 Å². The maximum atomic E-state index is 11.8. The first kappa shape index (κ1) is 20.0. The van der Waals surface area contributed by atoms with E-state index in [0.717, 1.165) is 0 Å². The number of carboxylic acid groups (broad SMARTS) is 1. The Hall–Kier alpha value is -2.31. The molecule has 0 aromatic heterocycles. The van der Waals surface area contributed by atoms with Crippen molar-refractivity contribution >= 4 is 34.4 Å². The number of hydrogen-bond donors (Lipinski definition) is 1. The number of hydrogen-bond acceptors (Lipinski definition) is 6. The maximum absolute atomic E-state index is 11.8. The van der Waals surface area contributed by atoms with Gasteiger partial charge in [0.2, 0.25) is 0 Å². The summed E-state index contributed by atoms with van der Waals surface area (Å²) in [5.74, 6) is -1.47. The second kappa shape index (κ2) is 8.87. The van der Waals surface area contributed by atoms with Gasteiger partial charge in [0.25, 0.3) is 5.78 Å². The molecule has 0 radical (unpaired) electrons. The summed E-state index contributed by atoms with van der Waals surface area (Å²) in [4.78, 5) is 22.2. The Balaban J connectivity index is 1.82. The average molecular weight is 440 g/mol. The van der Waals surface area contributed by atoms with Gasteiger partial charge in [-0.25, -0.2) is 4.79 Å². The summed E-state index contributed by atoms with van der Waals surface area (Å²) in [6, 6.07) is 12.0. The van der Waals surface area contributed by atoms with Gasteiger partial charge in [0.15, 0.2) is 0 Å². The summed E-state index contributed by atoms with van der Waals surface area (Å²) in [5, 5.41) is 8.63. The molecule has 0 heterocycles. The Morgan fingerprint density at radius 2 is 1.38 bits per heavy atom. The first-order valence-electron chi connectivity index (χ1n) is 7.50. The minimum absolute atomic E-state index is 0.0750. The normalized spacial score (nSPS) is 11.4. The number of ether oxygens (including phenoxy) is 2. The number of carboxylic acids is 1. The summed E-state index contributed by atoms with van der Waals surface area (Å²) in [5.41, 5.74) is 1.78. The fraction of sp³-hybridized carbons (Fsp3) is 0.176. The molecule has 0 saturated carbocycles. The number of Topliss-reactive ketones (excluding diaryl/α,β-unsaturated/α-hetero) is 1. The number of aliphatic carboxylic acids is 1. The van der Waals surface area contributed by atoms with Crippen molar-refractivity contribution in [1.82, 2.24) is 0 Å². The van der Waals surface area contributed by atoms with Crippen molar-refractivity contribution in [3.05, 3.63) is 54.1 Å². The van der Waals surface area contributed by atoms with E-state index in [1.165, 1.54) is 36.4 Å². The molecule has 26 heavy (non-hydrogen) atoms. The molecular formula is C17H17AsO7S. The molecule has 1 N–H and O–H groups in total. The van der Waals surface area contributed by atoms with Crippen molar-refractivity contribution in [2.24, 2.45) is 0 Å². The molecule has 0 aliphatic heterocycles. The molecule has 0 saturated heterocycles. The summed E-state index contributed by atoms with van der Waals surface area (Å²) in [6.07, 6.45) is 0. The van der Waals surface area contributed by atoms with Gasteiger partial charge >= 0.3 is 130 Å². The van der Waals surface area contributed by atoms with Gasteiger partial charge in [-0.15, -0.1) is 0 Å². The van der Waals surface area contributed by atoms with E-state index in [0.29, 0.717) is 16.4 Å². The zero-order chi connectivity index (χ0) is 19.2. The predicted molar refractivity (Wildman–Crippen MR) is 96.0 cm³/mol. The van der Waals surface area contributed by atoms with Gasteiger partial charge < -0.3 is 5.11 Å². The van der Waals surface area contributed by atoms with E-state index >= 15 is 0 Å². The van der Waals surface area contributed by atoms with E-state index in [9.17, 15) is 18.0 Å². The van der Waals surface area contributed by atoms with Gasteiger partial charge in [0.05, 0.1) is 0 Å². The second-order valence-electron chi connectivity index (χ2n) is 5.03. The summed E-state index contributed by atoms with van der Waals surface area (Å²) >= 11 is -1.05. The van der Waals surface area contributed by atoms with Crippen LogP contribution in [0.25, 0.3) is 0 Å². The first-order chi connectivity index (χ1) is 12.3. The minimum atomic E-state index is -3.11. The zero-order valence-electron chi connectivity index (χ0n) is 13.8. The number of ketones is 1. The van der Waals surface area contributed by atoms with Crippen molar-refractivity contribution in [1.29, 1.82) is 0 Å². The van der Waals surface area contributed by atoms with Crippen LogP contribution in [0, 0.1) is 0 Å². The third-order valence-corrected chi connectivity index (χ3v) is 9.63. The topological polar surface area (TPSA) is 107 Å². The van der Waals surface area contributed by atoms with E-state index in [-0.39, 0.29) is 18.8 Å². The number of carbonyl (C=O) groups excluding carboxylic acids is 1. The van der Waals surface area contributed by atoms with Gasteiger partial charge in [-0.2, -0.15) is 0 Å². The molecular weight excluding hydrogens is 423 g/mol. The summed E-state index contributed by atoms with van der Waals surface area (Å²) < 4.78 is 34.5. The van der Waals surface area contributed by atoms with Crippen LogP contribution < -0.4 is 9.47 Å². The van der Waals surface area contributed by atoms with Crippen LogP contribution >= 0.6 is 0 Å². The van der Waals surface area contributed by atoms with Gasteiger partial charge in [-0.3, -0.25) is 4.79 Å². The molecule has 7 nitrogen and oxygen atoms in total. The third-order valence-electron chi connectivity index (χ3n) is 3.33. The van der Waals surface area contributed by atoms with E-state index in [2.05, 4.69) is 0 Å². The van der Waals surface area contributed by atoms with Gasteiger partial charge in [-0.05, 0) is 0 Å². The fourth-order valence-corrected chi connectivity index (χ4v) is 5.05. The Bertz CT molecular complexity index is 874. The van der Waals surface area contributed by atoms with Crippen molar-refractivity contribution in [3.8, 4) is 11.5 Å². The molecule has 0 bridgehead atoms. The third kappa shape index (κ3) is 5.34. The van der Waals surface area contributed by atoms with Crippen LogP contribution in [0.2, 0.25) is 5.71 Å². The van der Waals surface area contributed by atoms with E-state index in [1.54, 1.807) is 17.8 Å². The van der Waals surface area contributed by atoms with Crippen LogP contribution in [0.1, 0.15) is 10.4 Å². The SMILES string of the molecule is C[AsH]S(=O)(=O)c1ccc(OCCOc2ccc(C(=O)C(=O)O)cc2)cc1. The van der Waals surface area contributed by atoms with Crippen LogP contribution in [0.3, 0.4) is 0 Å². The molecule has 2 aromatic rings. The quantitative estimate of drug-likeness (QED) is 0.273. The van der Waals surface area contributed by atoms with Gasteiger partial charge in [-0.1, -0.05) is 0 Å². The Morgan fingerprint density at radius 3 is 1.81 bits per heavy atom. The Labute approximate surface area is 156 Å². The molecule has 2 rings (SSSR count). The van der Waals surface area contributed by atoms with Crippen molar-refractivity contribution in [2.45, 2.75) is 10.6 Å². The van der Waals surface area contributed by atoms with Crippen molar-refractivity contribution in [3.63, 3.8) is 0 Å². The van der Waals surface area contributed by atoms with Crippen LogP contribution in [-0.4, -0.2) is 53.1 Å². The standard InChI is InChI=1S/C17H17AsO7S/c1-18-26(22,23)15-8-6-14(7-9-15)25-11-10-24-13-4-2-12(3-5-13)16(19)17(20)21/h2-9,18H,10-11H2,1H3,(H,20,21). The average Bonchev–Trinajstić information content (AvgIpc) is 2.65. The molecule has 0 amide bonds. The molecule has 9 heteroatoms. The predicted octanol–water partition coefficient (Wildman–Crippen LogP) is 1.59. The molecule has 0 spiro atoms. The molecule has 1 atom stereocenters. The van der Waals surface area contributed by atoms with E-state index in [1.807, 2.05) is 0 Å². The number of benzene rings is 2. The second-order valence-corrected chi connectivity index (χ2v) is 12.9. The molecule has 0 fully saturated rings. The molecule has 0 aliphatic carbocycles. The fourth-order valence-electron chi connectivity index (χ4n) is 1.98. The van der Waals surface area contributed by atoms with Crippen LogP contribution in [0.15, 0.2) is 53.4 Å². The Kier molecular flexibility index (Phi) is 6.82. The van der Waals surface area contributed by atoms with Crippen LogP contribution in [-0.2, 0) is 12.9 Å².